The van der Waals surface area contributed by atoms with Crippen LogP contribution in [-0.4, -0.2) is 94.0 Å². The molecule has 2 aromatic carbocycles. The van der Waals surface area contributed by atoms with Gasteiger partial charge in [0.25, 0.3) is 0 Å². The van der Waals surface area contributed by atoms with E-state index in [0.717, 1.165) is 47.6 Å². The Labute approximate surface area is 305 Å². The molecular formula is C39H43F4N7O3. The molecule has 0 spiro atoms. The van der Waals surface area contributed by atoms with Crippen LogP contribution in [0.4, 0.5) is 28.0 Å². The van der Waals surface area contributed by atoms with Gasteiger partial charge in [-0.1, -0.05) is 25.1 Å². The van der Waals surface area contributed by atoms with Gasteiger partial charge in [-0.2, -0.15) is 18.3 Å². The van der Waals surface area contributed by atoms with Crippen LogP contribution >= 0.6 is 0 Å². The van der Waals surface area contributed by atoms with E-state index in [-0.39, 0.29) is 29.5 Å². The first-order chi connectivity index (χ1) is 25.4. The molecule has 1 unspecified atom stereocenters. The van der Waals surface area contributed by atoms with E-state index in [1.807, 2.05) is 43.3 Å². The van der Waals surface area contributed by atoms with Gasteiger partial charge in [0.2, 0.25) is 5.91 Å². The first kappa shape index (κ1) is 36.4. The van der Waals surface area contributed by atoms with Crippen LogP contribution in [0.3, 0.4) is 0 Å². The van der Waals surface area contributed by atoms with Gasteiger partial charge in [0.1, 0.15) is 11.3 Å². The fraction of sp³-hybridized carbons (Fsp3) is 0.410. The SMILES string of the molecule is CCC1c2cc(Oc3c(F)cnn4cc(C5=CCN(C(C)=O)CC5)cc34)ccc2CCN1C(=O)Nc1ccc(CN2CCN(C)CC2)c(C(F)(F)F)c1. The first-order valence-electron chi connectivity index (χ1n) is 18.0. The number of rotatable bonds is 7. The van der Waals surface area contributed by atoms with Gasteiger partial charge < -0.3 is 24.8 Å². The van der Waals surface area contributed by atoms with Crippen LogP contribution in [-0.2, 0) is 23.9 Å². The number of fused-ring (bicyclic) bond motifs is 2. The summed E-state index contributed by atoms with van der Waals surface area (Å²) in [5.74, 6) is -0.245. The lowest BCUT2D eigenvalue weighted by Crippen LogP contribution is -2.44. The number of carbonyl (C=O) groups excluding carboxylic acids is 2. The lowest BCUT2D eigenvalue weighted by Gasteiger charge is -2.37. The summed E-state index contributed by atoms with van der Waals surface area (Å²) in [6, 6.07) is 10.4. The predicted octanol–water partition coefficient (Wildman–Crippen LogP) is 7.21. The van der Waals surface area contributed by atoms with Crippen molar-refractivity contribution in [2.24, 2.45) is 0 Å². The molecule has 10 nitrogen and oxygen atoms in total. The number of alkyl halides is 3. The van der Waals surface area contributed by atoms with Crippen molar-refractivity contribution in [2.45, 2.75) is 51.9 Å². The maximum atomic E-state index is 15.3. The highest BCUT2D eigenvalue weighted by Gasteiger charge is 2.35. The summed E-state index contributed by atoms with van der Waals surface area (Å²) < 4.78 is 65.8. The third kappa shape index (κ3) is 7.74. The fourth-order valence-electron chi connectivity index (χ4n) is 7.54. The predicted molar refractivity (Wildman–Crippen MR) is 193 cm³/mol. The highest BCUT2D eigenvalue weighted by molar-refractivity contribution is 5.90. The van der Waals surface area contributed by atoms with Crippen molar-refractivity contribution in [1.82, 2.24) is 29.2 Å². The maximum absolute atomic E-state index is 15.3. The average Bonchev–Trinajstić information content (AvgIpc) is 3.58. The van der Waals surface area contributed by atoms with Crippen molar-refractivity contribution in [2.75, 3.05) is 58.2 Å². The second kappa shape index (κ2) is 14.8. The molecule has 0 aliphatic carbocycles. The number of nitrogens with one attached hydrogen (secondary N) is 1. The number of piperazine rings is 1. The zero-order valence-electron chi connectivity index (χ0n) is 30.0. The molecule has 2 aromatic heterocycles. The maximum Gasteiger partial charge on any atom is 0.416 e. The summed E-state index contributed by atoms with van der Waals surface area (Å²) in [4.78, 5) is 33.0. The van der Waals surface area contributed by atoms with Gasteiger partial charge >= 0.3 is 12.2 Å². The Morgan fingerprint density at radius 1 is 1.00 bits per heavy atom. The van der Waals surface area contributed by atoms with Gasteiger partial charge in [-0.3, -0.25) is 9.69 Å². The smallest absolute Gasteiger partial charge is 0.416 e. The fourth-order valence-corrected chi connectivity index (χ4v) is 7.54. The summed E-state index contributed by atoms with van der Waals surface area (Å²) in [6.07, 6.45) is 2.05. The van der Waals surface area contributed by atoms with Gasteiger partial charge in [-0.25, -0.2) is 13.7 Å². The lowest BCUT2D eigenvalue weighted by molar-refractivity contribution is -0.138. The summed E-state index contributed by atoms with van der Waals surface area (Å²) in [5, 5.41) is 6.93. The molecule has 7 rings (SSSR count). The van der Waals surface area contributed by atoms with E-state index >= 15 is 4.39 Å². The van der Waals surface area contributed by atoms with Gasteiger partial charge in [-0.05, 0) is 84.5 Å². The molecule has 3 aliphatic heterocycles. The molecular weight excluding hydrogens is 690 g/mol. The van der Waals surface area contributed by atoms with Crippen LogP contribution in [0.5, 0.6) is 11.5 Å². The molecule has 1 fully saturated rings. The monoisotopic (exact) mass is 733 g/mol. The number of amides is 3. The minimum absolute atomic E-state index is 0.00275. The zero-order chi connectivity index (χ0) is 37.4. The van der Waals surface area contributed by atoms with Gasteiger partial charge in [-0.15, -0.1) is 0 Å². The van der Waals surface area contributed by atoms with Crippen molar-refractivity contribution in [1.29, 1.82) is 0 Å². The van der Waals surface area contributed by atoms with Crippen LogP contribution in [0.15, 0.2) is 60.9 Å². The molecule has 14 heteroatoms. The molecule has 0 saturated carbocycles. The molecule has 1 N–H and O–H groups in total. The van der Waals surface area contributed by atoms with Gasteiger partial charge in [0.15, 0.2) is 11.6 Å². The number of anilines is 1. The van der Waals surface area contributed by atoms with Crippen molar-refractivity contribution in [3.8, 4) is 11.5 Å². The van der Waals surface area contributed by atoms with E-state index in [9.17, 15) is 22.8 Å². The Morgan fingerprint density at radius 2 is 1.79 bits per heavy atom. The molecule has 3 amide bonds. The Balaban J connectivity index is 1.09. The second-order valence-electron chi connectivity index (χ2n) is 14.0. The highest BCUT2D eigenvalue weighted by atomic mass is 19.4. The Hall–Kier alpha value is -4.95. The molecule has 53 heavy (non-hydrogen) atoms. The van der Waals surface area contributed by atoms with E-state index in [1.165, 1.54) is 12.1 Å². The topological polar surface area (TPSA) is 85.7 Å². The number of hydrogen-bond donors (Lipinski definition) is 1. The van der Waals surface area contributed by atoms with Crippen LogP contribution in [0.25, 0.3) is 11.1 Å². The summed E-state index contributed by atoms with van der Waals surface area (Å²) in [7, 11) is 2.00. The molecule has 5 heterocycles. The minimum atomic E-state index is -4.58. The molecule has 280 valence electrons. The van der Waals surface area contributed by atoms with E-state index in [4.69, 9.17) is 4.74 Å². The highest BCUT2D eigenvalue weighted by Crippen LogP contribution is 2.39. The van der Waals surface area contributed by atoms with Crippen LogP contribution in [0.1, 0.15) is 60.5 Å². The number of halogens is 4. The zero-order valence-corrected chi connectivity index (χ0v) is 30.0. The van der Waals surface area contributed by atoms with E-state index in [1.54, 1.807) is 33.4 Å². The number of benzene rings is 2. The number of ether oxygens (including phenoxy) is 1. The Bertz CT molecular complexity index is 2050. The first-order valence-corrected chi connectivity index (χ1v) is 18.0. The minimum Gasteiger partial charge on any atom is -0.452 e. The van der Waals surface area contributed by atoms with E-state index < -0.39 is 29.6 Å². The Morgan fingerprint density at radius 3 is 2.49 bits per heavy atom. The average molecular weight is 734 g/mol. The molecule has 1 saturated heterocycles. The third-order valence-corrected chi connectivity index (χ3v) is 10.6. The van der Waals surface area contributed by atoms with E-state index in [2.05, 4.69) is 15.3 Å². The number of nitrogens with zero attached hydrogens (tertiary/aromatic N) is 6. The van der Waals surface area contributed by atoms with Crippen molar-refractivity contribution in [3.63, 3.8) is 0 Å². The third-order valence-electron chi connectivity index (χ3n) is 10.6. The molecule has 0 bridgehead atoms. The number of hydrogen-bond acceptors (Lipinski definition) is 6. The van der Waals surface area contributed by atoms with Crippen molar-refractivity contribution >= 4 is 28.7 Å². The number of aromatic nitrogens is 2. The number of likely N-dealkylation sites (N-methyl/N-ethyl adjacent to an activating group) is 1. The summed E-state index contributed by atoms with van der Waals surface area (Å²) >= 11 is 0. The van der Waals surface area contributed by atoms with Gasteiger partial charge in [0.05, 0.1) is 17.8 Å². The second-order valence-corrected chi connectivity index (χ2v) is 14.0. The van der Waals surface area contributed by atoms with Crippen molar-refractivity contribution in [3.05, 3.63) is 94.6 Å². The summed E-state index contributed by atoms with van der Waals surface area (Å²) in [5.41, 5.74) is 3.67. The molecule has 4 aromatic rings. The molecule has 0 radical (unpaired) electrons. The molecule has 3 aliphatic rings. The summed E-state index contributed by atoms with van der Waals surface area (Å²) in [6.45, 7) is 8.09. The number of urea groups is 1. The Kier molecular flexibility index (Phi) is 10.2. The van der Waals surface area contributed by atoms with Crippen molar-refractivity contribution < 1.29 is 31.9 Å². The molecule has 1 atom stereocenters. The van der Waals surface area contributed by atoms with Crippen LogP contribution in [0, 0.1) is 5.82 Å². The normalized spacial score (nSPS) is 18.5. The van der Waals surface area contributed by atoms with Crippen LogP contribution < -0.4 is 10.1 Å². The van der Waals surface area contributed by atoms with Crippen LogP contribution in [0.2, 0.25) is 0 Å². The largest absolute Gasteiger partial charge is 0.452 e. The van der Waals surface area contributed by atoms with E-state index in [0.29, 0.717) is 63.3 Å². The number of carbonyl (C=O) groups is 2. The van der Waals surface area contributed by atoms with Gasteiger partial charge in [0, 0.05) is 71.2 Å². The lowest BCUT2D eigenvalue weighted by atomic mass is 9.91. The standard InChI is InChI=1S/C39H43F4N7O3/c1-4-35-32-21-31(53-37-34(40)22-44-50-24-29(19-36(37)50)26-9-12-48(13-10-26)25(2)51)8-6-27(32)11-14-49(35)38(52)45-30-7-5-28(33(20-30)39(41,42)43)23-47-17-15-46(3)16-18-47/h5-9,19-22,24,35H,4,10-18,23H2,1-3H3,(H,45,52). The quantitative estimate of drug-likeness (QED) is 0.202.